The van der Waals surface area contributed by atoms with E-state index < -0.39 is 0 Å². The minimum atomic E-state index is -0.149. The van der Waals surface area contributed by atoms with Gasteiger partial charge >= 0.3 is 6.03 Å². The zero-order valence-corrected chi connectivity index (χ0v) is 15.5. The molecule has 1 fully saturated rings. The molecule has 2 aromatic rings. The number of benzene rings is 2. The van der Waals surface area contributed by atoms with Gasteiger partial charge in [-0.25, -0.2) is 4.79 Å². The molecule has 6 heteroatoms. The first kappa shape index (κ1) is 18.3. The number of rotatable bonds is 5. The molecule has 1 N–H and O–H groups in total. The highest BCUT2D eigenvalue weighted by Gasteiger charge is 2.21. The van der Waals surface area contributed by atoms with Gasteiger partial charge in [-0.15, -0.1) is 0 Å². The highest BCUT2D eigenvalue weighted by atomic mass is 35.5. The summed E-state index contributed by atoms with van der Waals surface area (Å²) in [7, 11) is 1.75. The van der Waals surface area contributed by atoms with E-state index >= 15 is 0 Å². The van der Waals surface area contributed by atoms with Crippen LogP contribution in [-0.2, 0) is 17.9 Å². The van der Waals surface area contributed by atoms with E-state index in [-0.39, 0.29) is 11.9 Å². The molecule has 0 aliphatic carbocycles. The maximum atomic E-state index is 12.3. The van der Waals surface area contributed by atoms with Gasteiger partial charge in [0.25, 0.3) is 0 Å². The molecular weight excluding hydrogens is 350 g/mol. The van der Waals surface area contributed by atoms with Crippen molar-refractivity contribution in [3.8, 4) is 0 Å². The minimum absolute atomic E-state index is 0.149. The Morgan fingerprint density at radius 1 is 1.19 bits per heavy atom. The second-order valence-electron chi connectivity index (χ2n) is 6.46. The molecule has 0 atom stereocenters. The molecule has 26 heavy (non-hydrogen) atoms. The van der Waals surface area contributed by atoms with Gasteiger partial charge in [-0.3, -0.25) is 4.79 Å². The van der Waals surface area contributed by atoms with Gasteiger partial charge < -0.3 is 15.1 Å². The molecule has 0 unspecified atom stereocenters. The Bertz CT molecular complexity index is 792. The molecule has 0 bridgehead atoms. The van der Waals surface area contributed by atoms with Crippen LogP contribution < -0.4 is 10.2 Å². The van der Waals surface area contributed by atoms with Gasteiger partial charge in [-0.05, 0) is 41.8 Å². The van der Waals surface area contributed by atoms with Crippen molar-refractivity contribution in [2.75, 3.05) is 18.5 Å². The Balaban J connectivity index is 1.51. The average molecular weight is 372 g/mol. The Morgan fingerprint density at radius 3 is 2.62 bits per heavy atom. The van der Waals surface area contributed by atoms with Gasteiger partial charge in [0, 0.05) is 43.8 Å². The van der Waals surface area contributed by atoms with E-state index in [2.05, 4.69) is 5.32 Å². The third kappa shape index (κ3) is 4.55. The zero-order chi connectivity index (χ0) is 18.5. The zero-order valence-electron chi connectivity index (χ0n) is 14.7. The number of carbonyl (C=O) groups excluding carboxylic acids is 2. The lowest BCUT2D eigenvalue weighted by atomic mass is 10.2. The Morgan fingerprint density at radius 2 is 1.96 bits per heavy atom. The lowest BCUT2D eigenvalue weighted by Crippen LogP contribution is -2.36. The fraction of sp³-hybridized carbons (Fsp3) is 0.300. The highest BCUT2D eigenvalue weighted by Crippen LogP contribution is 2.21. The predicted octanol–water partition coefficient (Wildman–Crippen LogP) is 3.81. The molecule has 0 saturated carbocycles. The lowest BCUT2D eigenvalue weighted by molar-refractivity contribution is -0.117. The second kappa shape index (κ2) is 8.23. The van der Waals surface area contributed by atoms with Gasteiger partial charge in [0.1, 0.15) is 0 Å². The average Bonchev–Trinajstić information content (AvgIpc) is 3.06. The fourth-order valence-corrected chi connectivity index (χ4v) is 3.22. The Hall–Kier alpha value is -2.53. The first-order valence-corrected chi connectivity index (χ1v) is 9.03. The molecule has 0 radical (unpaired) electrons. The summed E-state index contributed by atoms with van der Waals surface area (Å²) in [5.41, 5.74) is 2.89. The molecule has 1 heterocycles. The molecule has 5 nitrogen and oxygen atoms in total. The maximum absolute atomic E-state index is 12.3. The lowest BCUT2D eigenvalue weighted by Gasteiger charge is -2.19. The molecule has 2 aromatic carbocycles. The fourth-order valence-electron chi connectivity index (χ4n) is 3.01. The summed E-state index contributed by atoms with van der Waals surface area (Å²) >= 11 is 5.97. The monoisotopic (exact) mass is 371 g/mol. The third-order valence-corrected chi connectivity index (χ3v) is 4.66. The number of carbonyl (C=O) groups is 2. The van der Waals surface area contributed by atoms with Crippen molar-refractivity contribution < 1.29 is 9.59 Å². The smallest absolute Gasteiger partial charge is 0.317 e. The van der Waals surface area contributed by atoms with Gasteiger partial charge in [0.15, 0.2) is 0 Å². The molecule has 0 aromatic heterocycles. The quantitative estimate of drug-likeness (QED) is 0.868. The van der Waals surface area contributed by atoms with Crippen molar-refractivity contribution in [1.29, 1.82) is 0 Å². The molecule has 136 valence electrons. The van der Waals surface area contributed by atoms with E-state index in [0.717, 1.165) is 29.8 Å². The van der Waals surface area contributed by atoms with Crippen molar-refractivity contribution in [1.82, 2.24) is 10.2 Å². The first-order chi connectivity index (χ1) is 12.5. The van der Waals surface area contributed by atoms with Crippen LogP contribution in [0.1, 0.15) is 24.0 Å². The Kier molecular flexibility index (Phi) is 5.78. The largest absolute Gasteiger partial charge is 0.334 e. The van der Waals surface area contributed by atoms with Crippen LogP contribution >= 0.6 is 11.6 Å². The van der Waals surface area contributed by atoms with E-state index in [9.17, 15) is 9.59 Å². The van der Waals surface area contributed by atoms with Crippen LogP contribution in [0.3, 0.4) is 0 Å². The van der Waals surface area contributed by atoms with Crippen LogP contribution in [0.4, 0.5) is 10.5 Å². The van der Waals surface area contributed by atoms with Crippen molar-refractivity contribution in [2.45, 2.75) is 25.9 Å². The number of anilines is 1. The number of urea groups is 1. The van der Waals surface area contributed by atoms with Gasteiger partial charge in [-0.2, -0.15) is 0 Å². The minimum Gasteiger partial charge on any atom is -0.334 e. The number of nitrogens with one attached hydrogen (secondary N) is 1. The molecule has 3 rings (SSSR count). The summed E-state index contributed by atoms with van der Waals surface area (Å²) in [4.78, 5) is 27.5. The number of halogens is 1. The van der Waals surface area contributed by atoms with Crippen LogP contribution in [0, 0.1) is 0 Å². The van der Waals surface area contributed by atoms with Crippen LogP contribution in [0.25, 0.3) is 0 Å². The van der Waals surface area contributed by atoms with Crippen LogP contribution in [-0.4, -0.2) is 30.4 Å². The maximum Gasteiger partial charge on any atom is 0.317 e. The first-order valence-electron chi connectivity index (χ1n) is 8.65. The third-order valence-electron chi connectivity index (χ3n) is 4.42. The number of hydrogen-bond acceptors (Lipinski definition) is 2. The van der Waals surface area contributed by atoms with Crippen molar-refractivity contribution in [3.05, 3.63) is 64.7 Å². The summed E-state index contributed by atoms with van der Waals surface area (Å²) in [6.45, 7) is 1.71. The Labute approximate surface area is 158 Å². The molecule has 0 spiro atoms. The van der Waals surface area contributed by atoms with Crippen molar-refractivity contribution >= 4 is 29.2 Å². The van der Waals surface area contributed by atoms with E-state index in [4.69, 9.17) is 11.6 Å². The summed E-state index contributed by atoms with van der Waals surface area (Å²) < 4.78 is 0. The molecule has 1 aliphatic heterocycles. The van der Waals surface area contributed by atoms with Crippen molar-refractivity contribution in [2.24, 2.45) is 0 Å². The second-order valence-corrected chi connectivity index (χ2v) is 6.90. The summed E-state index contributed by atoms with van der Waals surface area (Å²) in [5.74, 6) is 0.175. The molecule has 1 aliphatic rings. The molecule has 3 amide bonds. The highest BCUT2D eigenvalue weighted by molar-refractivity contribution is 6.30. The standard InChI is InChI=1S/C20H22ClN3O2/c1-23(14-16-4-2-5-17(21)12-16)20(26)22-13-15-7-9-18(10-8-15)24-11-3-6-19(24)25/h2,4-5,7-10,12H,3,6,11,13-14H2,1H3,(H,22,26). The van der Waals surface area contributed by atoms with E-state index in [1.807, 2.05) is 48.5 Å². The predicted molar refractivity (Wildman–Crippen MR) is 103 cm³/mol. The molecule has 1 saturated heterocycles. The topological polar surface area (TPSA) is 52.7 Å². The van der Waals surface area contributed by atoms with Gasteiger partial charge in [-0.1, -0.05) is 35.9 Å². The number of nitrogens with zero attached hydrogens (tertiary/aromatic N) is 2. The van der Waals surface area contributed by atoms with Crippen LogP contribution in [0.2, 0.25) is 5.02 Å². The van der Waals surface area contributed by atoms with Crippen molar-refractivity contribution in [3.63, 3.8) is 0 Å². The molecular formula is C20H22ClN3O2. The van der Waals surface area contributed by atoms with Gasteiger partial charge in [0.2, 0.25) is 5.91 Å². The van der Waals surface area contributed by atoms with E-state index in [1.165, 1.54) is 0 Å². The van der Waals surface area contributed by atoms with Crippen LogP contribution in [0.15, 0.2) is 48.5 Å². The van der Waals surface area contributed by atoms with E-state index in [0.29, 0.717) is 24.5 Å². The van der Waals surface area contributed by atoms with Crippen LogP contribution in [0.5, 0.6) is 0 Å². The van der Waals surface area contributed by atoms with E-state index in [1.54, 1.807) is 16.8 Å². The SMILES string of the molecule is CN(Cc1cccc(Cl)c1)C(=O)NCc1ccc(N2CCCC2=O)cc1. The summed E-state index contributed by atoms with van der Waals surface area (Å²) in [6.07, 6.45) is 1.53. The normalized spacial score (nSPS) is 13.8. The van der Waals surface area contributed by atoms with Gasteiger partial charge in [0.05, 0.1) is 0 Å². The summed E-state index contributed by atoms with van der Waals surface area (Å²) in [6, 6.07) is 15.1. The number of amides is 3. The summed E-state index contributed by atoms with van der Waals surface area (Å²) in [5, 5.41) is 3.56. The number of hydrogen-bond donors (Lipinski definition) is 1.